The van der Waals surface area contributed by atoms with Crippen LogP contribution >= 0.6 is 0 Å². The van der Waals surface area contributed by atoms with Gasteiger partial charge in [-0.1, -0.05) is 30.3 Å². The van der Waals surface area contributed by atoms with E-state index in [2.05, 4.69) is 9.88 Å². The summed E-state index contributed by atoms with van der Waals surface area (Å²) in [5, 5.41) is 20.6. The number of H-pyrrole nitrogens is 1. The molecule has 0 unspecified atom stereocenters. The van der Waals surface area contributed by atoms with Gasteiger partial charge < -0.3 is 15.0 Å². The van der Waals surface area contributed by atoms with E-state index in [1.165, 1.54) is 0 Å². The lowest BCUT2D eigenvalue weighted by atomic mass is 9.79. The first-order chi connectivity index (χ1) is 13.1. The Bertz CT molecular complexity index is 851. The summed E-state index contributed by atoms with van der Waals surface area (Å²) < 4.78 is 0. The lowest BCUT2D eigenvalue weighted by molar-refractivity contribution is -0.0878. The van der Waals surface area contributed by atoms with E-state index in [9.17, 15) is 9.90 Å². The molecule has 2 aromatic rings. The third-order valence-corrected chi connectivity index (χ3v) is 5.89. The Hall–Kier alpha value is -2.62. The zero-order valence-electron chi connectivity index (χ0n) is 15.3. The number of hydrogen-bond acceptors (Lipinski definition) is 4. The van der Waals surface area contributed by atoms with Gasteiger partial charge in [-0.3, -0.25) is 9.69 Å². The summed E-state index contributed by atoms with van der Waals surface area (Å²) in [5.74, 6) is -0.115. The molecule has 2 N–H and O–H groups in total. The van der Waals surface area contributed by atoms with Crippen LogP contribution in [-0.2, 0) is 5.60 Å². The minimum absolute atomic E-state index is 0.115. The molecule has 3 heterocycles. The predicted octanol–water partition coefficient (Wildman–Crippen LogP) is 2.08. The topological polar surface area (TPSA) is 83.4 Å². The van der Waals surface area contributed by atoms with Gasteiger partial charge in [0.2, 0.25) is 0 Å². The van der Waals surface area contributed by atoms with E-state index in [0.717, 1.165) is 31.5 Å². The van der Waals surface area contributed by atoms with E-state index in [1.807, 2.05) is 36.4 Å². The van der Waals surface area contributed by atoms with Gasteiger partial charge in [0.15, 0.2) is 0 Å². The number of benzene rings is 1. The van der Waals surface area contributed by atoms with E-state index < -0.39 is 5.60 Å². The van der Waals surface area contributed by atoms with E-state index >= 15 is 0 Å². The highest BCUT2D eigenvalue weighted by molar-refractivity contribution is 5.93. The van der Waals surface area contributed by atoms with E-state index in [-0.39, 0.29) is 11.9 Å². The van der Waals surface area contributed by atoms with Crippen molar-refractivity contribution in [2.45, 2.75) is 30.9 Å². The maximum Gasteiger partial charge on any atom is 0.270 e. The molecular formula is C21H24N4O2. The first-order valence-electron chi connectivity index (χ1n) is 9.51. The molecule has 2 saturated heterocycles. The van der Waals surface area contributed by atoms with Crippen molar-refractivity contribution in [3.63, 3.8) is 0 Å². The summed E-state index contributed by atoms with van der Waals surface area (Å²) in [6.45, 7) is 2.85. The van der Waals surface area contributed by atoms with Crippen LogP contribution in [0.3, 0.4) is 0 Å². The molecule has 0 spiro atoms. The molecule has 6 heteroatoms. The van der Waals surface area contributed by atoms with Gasteiger partial charge in [-0.15, -0.1) is 0 Å². The van der Waals surface area contributed by atoms with Crippen molar-refractivity contribution >= 4 is 5.91 Å². The van der Waals surface area contributed by atoms with Gasteiger partial charge in [-0.2, -0.15) is 5.26 Å². The number of carbonyl (C=O) groups is 1. The third-order valence-electron chi connectivity index (χ3n) is 5.89. The summed E-state index contributed by atoms with van der Waals surface area (Å²) in [7, 11) is 0. The fourth-order valence-electron chi connectivity index (χ4n) is 4.39. The quantitative estimate of drug-likeness (QED) is 0.873. The standard InChI is InChI=1S/C21H24N4O2/c22-13-16-12-18(23-14-16)20(26)25-11-8-21(27,17-6-2-1-3-7-17)19(15-25)24-9-4-5-10-24/h1-3,6-7,12,14,19,23,27H,4-5,8-11,15H2/t19-,21+/m1/s1. The average Bonchev–Trinajstić information content (AvgIpc) is 3.40. The van der Waals surface area contributed by atoms with Crippen LogP contribution in [0, 0.1) is 11.3 Å². The van der Waals surface area contributed by atoms with Crippen molar-refractivity contribution in [2.24, 2.45) is 0 Å². The van der Waals surface area contributed by atoms with Gasteiger partial charge >= 0.3 is 0 Å². The monoisotopic (exact) mass is 364 g/mol. The van der Waals surface area contributed by atoms with Gasteiger partial charge in [-0.25, -0.2) is 0 Å². The number of aromatic nitrogens is 1. The molecule has 0 bridgehead atoms. The summed E-state index contributed by atoms with van der Waals surface area (Å²) >= 11 is 0. The largest absolute Gasteiger partial charge is 0.383 e. The summed E-state index contributed by atoms with van der Waals surface area (Å²) in [5.41, 5.74) is 0.834. The highest BCUT2D eigenvalue weighted by Gasteiger charge is 2.47. The zero-order chi connectivity index (χ0) is 18.9. The number of piperidine rings is 1. The minimum Gasteiger partial charge on any atom is -0.383 e. The average molecular weight is 364 g/mol. The van der Waals surface area contributed by atoms with Gasteiger partial charge in [0.25, 0.3) is 5.91 Å². The van der Waals surface area contributed by atoms with Crippen LogP contribution in [0.1, 0.15) is 40.9 Å². The molecule has 2 fully saturated rings. The van der Waals surface area contributed by atoms with Gasteiger partial charge in [0.05, 0.1) is 11.6 Å². The molecule has 1 aromatic carbocycles. The number of nitrogens with one attached hydrogen (secondary N) is 1. The minimum atomic E-state index is -0.962. The lowest BCUT2D eigenvalue weighted by Crippen LogP contribution is -2.61. The molecule has 140 valence electrons. The molecule has 2 atom stereocenters. The van der Waals surface area contributed by atoms with Gasteiger partial charge in [0.1, 0.15) is 17.4 Å². The maximum absolute atomic E-state index is 12.9. The molecule has 1 amide bonds. The number of likely N-dealkylation sites (tertiary alicyclic amines) is 2. The van der Waals surface area contributed by atoms with Gasteiger partial charge in [-0.05, 0) is 44.0 Å². The predicted molar refractivity (Wildman–Crippen MR) is 101 cm³/mol. The van der Waals surface area contributed by atoms with Crippen molar-refractivity contribution in [2.75, 3.05) is 26.2 Å². The van der Waals surface area contributed by atoms with Crippen LogP contribution in [0.2, 0.25) is 0 Å². The second kappa shape index (κ2) is 7.18. The Morgan fingerprint density at radius 1 is 1.22 bits per heavy atom. The number of nitriles is 1. The van der Waals surface area contributed by atoms with Crippen molar-refractivity contribution in [1.82, 2.24) is 14.8 Å². The highest BCUT2D eigenvalue weighted by atomic mass is 16.3. The Balaban J connectivity index is 1.61. The summed E-state index contributed by atoms with van der Waals surface area (Å²) in [6, 6.07) is 13.3. The Labute approximate surface area is 159 Å². The van der Waals surface area contributed by atoms with E-state index in [0.29, 0.717) is 30.8 Å². The SMILES string of the molecule is N#Cc1c[nH]c(C(=O)N2CC[C@](O)(c3ccccc3)[C@H](N3CCCC3)C2)c1. The summed E-state index contributed by atoms with van der Waals surface area (Å²) in [6.07, 6.45) is 4.29. The number of carbonyl (C=O) groups excluding carboxylic acids is 1. The number of aromatic amines is 1. The van der Waals surface area contributed by atoms with Crippen LogP contribution in [0.4, 0.5) is 0 Å². The van der Waals surface area contributed by atoms with Crippen molar-refractivity contribution in [3.05, 3.63) is 59.4 Å². The van der Waals surface area contributed by atoms with Crippen molar-refractivity contribution < 1.29 is 9.90 Å². The third kappa shape index (κ3) is 3.25. The summed E-state index contributed by atoms with van der Waals surface area (Å²) in [4.78, 5) is 19.9. The Morgan fingerprint density at radius 3 is 2.63 bits per heavy atom. The first kappa shape index (κ1) is 17.8. The molecule has 0 radical (unpaired) electrons. The Morgan fingerprint density at radius 2 is 1.96 bits per heavy atom. The highest BCUT2D eigenvalue weighted by Crippen LogP contribution is 2.37. The molecule has 0 aliphatic carbocycles. The second-order valence-electron chi connectivity index (χ2n) is 7.46. The fraction of sp³-hybridized carbons (Fsp3) is 0.429. The molecule has 0 saturated carbocycles. The van der Waals surface area contributed by atoms with Gasteiger partial charge in [0, 0.05) is 19.3 Å². The van der Waals surface area contributed by atoms with Crippen LogP contribution in [0.15, 0.2) is 42.6 Å². The number of rotatable bonds is 3. The molecule has 1 aromatic heterocycles. The molecule has 27 heavy (non-hydrogen) atoms. The molecular weight excluding hydrogens is 340 g/mol. The lowest BCUT2D eigenvalue weighted by Gasteiger charge is -2.48. The Kier molecular flexibility index (Phi) is 4.73. The van der Waals surface area contributed by atoms with E-state index in [1.54, 1.807) is 17.2 Å². The van der Waals surface area contributed by atoms with Crippen LogP contribution in [0.25, 0.3) is 0 Å². The van der Waals surface area contributed by atoms with E-state index in [4.69, 9.17) is 5.26 Å². The molecule has 2 aliphatic rings. The first-order valence-corrected chi connectivity index (χ1v) is 9.51. The van der Waals surface area contributed by atoms with Crippen LogP contribution in [-0.4, -0.2) is 58.0 Å². The van der Waals surface area contributed by atoms with Crippen LogP contribution < -0.4 is 0 Å². The number of amides is 1. The van der Waals surface area contributed by atoms with Crippen molar-refractivity contribution in [1.29, 1.82) is 5.26 Å². The zero-order valence-corrected chi connectivity index (χ0v) is 15.3. The molecule has 6 nitrogen and oxygen atoms in total. The second-order valence-corrected chi connectivity index (χ2v) is 7.46. The normalized spacial score (nSPS) is 26.1. The number of nitrogens with zero attached hydrogens (tertiary/aromatic N) is 3. The molecule has 2 aliphatic heterocycles. The maximum atomic E-state index is 12.9. The molecule has 4 rings (SSSR count). The fourth-order valence-corrected chi connectivity index (χ4v) is 4.39. The number of aliphatic hydroxyl groups is 1. The number of hydrogen-bond donors (Lipinski definition) is 2. The smallest absolute Gasteiger partial charge is 0.270 e. The van der Waals surface area contributed by atoms with Crippen molar-refractivity contribution in [3.8, 4) is 6.07 Å². The van der Waals surface area contributed by atoms with Crippen LogP contribution in [0.5, 0.6) is 0 Å².